The summed E-state index contributed by atoms with van der Waals surface area (Å²) in [6.07, 6.45) is 2.84. The van der Waals surface area contributed by atoms with Crippen LogP contribution in [0, 0.1) is 10.1 Å². The standard InChI is InChI=1S/C16H12BrNO4/c17-14-6-1-13(2-7-14)11-22-16(19)10-5-12-3-8-15(9-4-12)18(20)21/h1-10H,11H2. The minimum atomic E-state index is -0.472. The summed E-state index contributed by atoms with van der Waals surface area (Å²) >= 11 is 3.33. The molecule has 22 heavy (non-hydrogen) atoms. The second kappa shape index (κ2) is 7.51. The maximum Gasteiger partial charge on any atom is 0.331 e. The Morgan fingerprint density at radius 3 is 2.36 bits per heavy atom. The zero-order chi connectivity index (χ0) is 15.9. The number of non-ortho nitro benzene ring substituents is 1. The van der Waals surface area contributed by atoms with E-state index in [-0.39, 0.29) is 12.3 Å². The molecule has 0 atom stereocenters. The number of esters is 1. The molecule has 0 aliphatic rings. The number of halogens is 1. The van der Waals surface area contributed by atoms with E-state index in [1.807, 2.05) is 24.3 Å². The van der Waals surface area contributed by atoms with Crippen LogP contribution in [0.5, 0.6) is 0 Å². The number of rotatable bonds is 5. The van der Waals surface area contributed by atoms with Gasteiger partial charge in [0.25, 0.3) is 5.69 Å². The summed E-state index contributed by atoms with van der Waals surface area (Å²) in [6.45, 7) is 0.191. The van der Waals surface area contributed by atoms with Crippen LogP contribution in [0.1, 0.15) is 11.1 Å². The van der Waals surface area contributed by atoms with Crippen LogP contribution in [-0.2, 0) is 16.1 Å². The number of nitro benzene ring substituents is 1. The van der Waals surface area contributed by atoms with Crippen molar-refractivity contribution in [2.45, 2.75) is 6.61 Å². The van der Waals surface area contributed by atoms with E-state index in [0.29, 0.717) is 5.56 Å². The van der Waals surface area contributed by atoms with E-state index >= 15 is 0 Å². The number of carbonyl (C=O) groups is 1. The average molecular weight is 362 g/mol. The quantitative estimate of drug-likeness (QED) is 0.347. The lowest BCUT2D eigenvalue weighted by Gasteiger charge is -2.02. The summed E-state index contributed by atoms with van der Waals surface area (Å²) in [5.41, 5.74) is 1.58. The van der Waals surface area contributed by atoms with Gasteiger partial charge in [-0.1, -0.05) is 28.1 Å². The van der Waals surface area contributed by atoms with Gasteiger partial charge < -0.3 is 4.74 Å². The lowest BCUT2D eigenvalue weighted by atomic mass is 10.2. The summed E-state index contributed by atoms with van der Waals surface area (Å²) in [7, 11) is 0. The van der Waals surface area contributed by atoms with Crippen LogP contribution < -0.4 is 0 Å². The van der Waals surface area contributed by atoms with E-state index in [0.717, 1.165) is 10.0 Å². The van der Waals surface area contributed by atoms with Crippen LogP contribution in [0.3, 0.4) is 0 Å². The molecule has 0 aliphatic heterocycles. The lowest BCUT2D eigenvalue weighted by Crippen LogP contribution is -2.00. The zero-order valence-electron chi connectivity index (χ0n) is 11.4. The Kier molecular flexibility index (Phi) is 5.43. The van der Waals surface area contributed by atoms with Gasteiger partial charge in [-0.05, 0) is 41.5 Å². The molecule has 0 radical (unpaired) electrons. The van der Waals surface area contributed by atoms with Gasteiger partial charge in [0.2, 0.25) is 0 Å². The molecule has 6 heteroatoms. The maximum atomic E-state index is 11.6. The first-order valence-corrected chi connectivity index (χ1v) is 7.17. The largest absolute Gasteiger partial charge is 0.458 e. The number of nitrogens with zero attached hydrogens (tertiary/aromatic N) is 1. The molecule has 2 aromatic rings. The highest BCUT2D eigenvalue weighted by Gasteiger charge is 2.03. The first-order chi connectivity index (χ1) is 10.5. The van der Waals surface area contributed by atoms with Crippen molar-refractivity contribution in [3.05, 3.63) is 80.3 Å². The van der Waals surface area contributed by atoms with Gasteiger partial charge in [0.1, 0.15) is 6.61 Å². The van der Waals surface area contributed by atoms with E-state index in [1.165, 1.54) is 18.2 Å². The molecule has 0 saturated carbocycles. The smallest absolute Gasteiger partial charge is 0.331 e. The molecule has 2 rings (SSSR count). The van der Waals surface area contributed by atoms with Gasteiger partial charge in [0.15, 0.2) is 0 Å². The third-order valence-electron chi connectivity index (χ3n) is 2.81. The number of benzene rings is 2. The fourth-order valence-electron chi connectivity index (χ4n) is 1.65. The van der Waals surface area contributed by atoms with Crippen molar-refractivity contribution in [2.24, 2.45) is 0 Å². The molecular weight excluding hydrogens is 350 g/mol. The summed E-state index contributed by atoms with van der Waals surface area (Å²) in [6, 6.07) is 13.4. The van der Waals surface area contributed by atoms with Gasteiger partial charge in [-0.3, -0.25) is 10.1 Å². The number of ether oxygens (including phenoxy) is 1. The van der Waals surface area contributed by atoms with E-state index < -0.39 is 10.9 Å². The van der Waals surface area contributed by atoms with E-state index in [2.05, 4.69) is 15.9 Å². The van der Waals surface area contributed by atoms with Gasteiger partial charge >= 0.3 is 5.97 Å². The molecule has 0 aliphatic carbocycles. The third kappa shape index (κ3) is 4.82. The third-order valence-corrected chi connectivity index (χ3v) is 3.34. The molecule has 0 bridgehead atoms. The van der Waals surface area contributed by atoms with Crippen LogP contribution >= 0.6 is 15.9 Å². The second-order valence-electron chi connectivity index (χ2n) is 4.42. The first-order valence-electron chi connectivity index (χ1n) is 6.38. The molecule has 2 aromatic carbocycles. The maximum absolute atomic E-state index is 11.6. The van der Waals surface area contributed by atoms with E-state index in [4.69, 9.17) is 4.74 Å². The van der Waals surface area contributed by atoms with Crippen molar-refractivity contribution in [3.63, 3.8) is 0 Å². The molecule has 0 spiro atoms. The Hall–Kier alpha value is -2.47. The van der Waals surface area contributed by atoms with Crippen molar-refractivity contribution in [1.29, 1.82) is 0 Å². The highest BCUT2D eigenvalue weighted by Crippen LogP contribution is 2.13. The molecule has 0 heterocycles. The SMILES string of the molecule is O=C(C=Cc1ccc([N+](=O)[O-])cc1)OCc1ccc(Br)cc1. The molecule has 0 aromatic heterocycles. The van der Waals surface area contributed by atoms with Crippen LogP contribution in [0.15, 0.2) is 59.1 Å². The number of nitro groups is 1. The highest BCUT2D eigenvalue weighted by molar-refractivity contribution is 9.10. The highest BCUT2D eigenvalue weighted by atomic mass is 79.9. The van der Waals surface area contributed by atoms with Crippen molar-refractivity contribution < 1.29 is 14.5 Å². The van der Waals surface area contributed by atoms with Crippen molar-refractivity contribution >= 4 is 33.7 Å². The fourth-order valence-corrected chi connectivity index (χ4v) is 1.92. The molecule has 0 N–H and O–H groups in total. The monoisotopic (exact) mass is 361 g/mol. The van der Waals surface area contributed by atoms with Crippen LogP contribution in [0.2, 0.25) is 0 Å². The summed E-state index contributed by atoms with van der Waals surface area (Å²) in [4.78, 5) is 21.7. The molecular formula is C16H12BrNO4. The fraction of sp³-hybridized carbons (Fsp3) is 0.0625. The minimum Gasteiger partial charge on any atom is -0.458 e. The predicted octanol–water partition coefficient (Wildman–Crippen LogP) is 4.11. The normalized spacial score (nSPS) is 10.6. The Morgan fingerprint density at radius 1 is 1.14 bits per heavy atom. The Labute approximate surface area is 135 Å². The van der Waals surface area contributed by atoms with Crippen LogP contribution in [0.25, 0.3) is 6.08 Å². The Balaban J connectivity index is 1.88. The molecule has 0 unspecified atom stereocenters. The number of hydrogen-bond acceptors (Lipinski definition) is 4. The van der Waals surface area contributed by atoms with Gasteiger partial charge in [-0.15, -0.1) is 0 Å². The predicted molar refractivity (Wildman–Crippen MR) is 86.1 cm³/mol. The van der Waals surface area contributed by atoms with E-state index in [9.17, 15) is 14.9 Å². The topological polar surface area (TPSA) is 69.4 Å². The van der Waals surface area contributed by atoms with Gasteiger partial charge in [0.05, 0.1) is 4.92 Å². The zero-order valence-corrected chi connectivity index (χ0v) is 13.0. The van der Waals surface area contributed by atoms with Crippen molar-refractivity contribution in [1.82, 2.24) is 0 Å². The van der Waals surface area contributed by atoms with Gasteiger partial charge in [-0.2, -0.15) is 0 Å². The van der Waals surface area contributed by atoms with Gasteiger partial charge in [-0.25, -0.2) is 4.79 Å². The lowest BCUT2D eigenvalue weighted by molar-refractivity contribution is -0.384. The molecule has 0 fully saturated rings. The van der Waals surface area contributed by atoms with Crippen molar-refractivity contribution in [3.8, 4) is 0 Å². The summed E-state index contributed by atoms with van der Waals surface area (Å²) in [5.74, 6) is -0.471. The molecule has 5 nitrogen and oxygen atoms in total. The summed E-state index contributed by atoms with van der Waals surface area (Å²) in [5, 5.41) is 10.5. The minimum absolute atomic E-state index is 0.00923. The summed E-state index contributed by atoms with van der Waals surface area (Å²) < 4.78 is 6.06. The second-order valence-corrected chi connectivity index (χ2v) is 5.33. The average Bonchev–Trinajstić information content (AvgIpc) is 2.52. The van der Waals surface area contributed by atoms with Gasteiger partial charge in [0, 0.05) is 22.7 Å². The molecule has 0 amide bonds. The number of hydrogen-bond donors (Lipinski definition) is 0. The number of carbonyl (C=O) groups excluding carboxylic acids is 1. The Bertz CT molecular complexity index is 693. The van der Waals surface area contributed by atoms with Crippen LogP contribution in [0.4, 0.5) is 5.69 Å². The molecule has 0 saturated heterocycles. The first kappa shape index (κ1) is 15.9. The molecule has 112 valence electrons. The van der Waals surface area contributed by atoms with Crippen molar-refractivity contribution in [2.75, 3.05) is 0 Å². The van der Waals surface area contributed by atoms with Crippen LogP contribution in [-0.4, -0.2) is 10.9 Å². The van der Waals surface area contributed by atoms with E-state index in [1.54, 1.807) is 18.2 Å². The Morgan fingerprint density at radius 2 is 1.77 bits per heavy atom.